The summed E-state index contributed by atoms with van der Waals surface area (Å²) in [6, 6.07) is 12.7. The molecular weight excluding hydrogens is 633 g/mol. The van der Waals surface area contributed by atoms with Gasteiger partial charge in [-0.15, -0.1) is 0 Å². The number of fused-ring (bicyclic) bond motifs is 2. The second-order valence-electron chi connectivity index (χ2n) is 15.5. The monoisotopic (exact) mass is 684 g/mol. The Kier molecular flexibility index (Phi) is 9.50. The highest BCUT2D eigenvalue weighted by molar-refractivity contribution is 6.15. The number of hydrogen-bond acceptors (Lipinski definition) is 10. The van der Waals surface area contributed by atoms with E-state index in [1.54, 1.807) is 0 Å². The van der Waals surface area contributed by atoms with E-state index >= 15 is 0 Å². The maximum Gasteiger partial charge on any atom is 0.147 e. The van der Waals surface area contributed by atoms with Crippen molar-refractivity contribution in [2.45, 2.75) is 85.9 Å². The number of rotatable bonds is 5. The Balaban J connectivity index is 0.000000159. The highest BCUT2D eigenvalue weighted by Crippen LogP contribution is 2.33. The maximum absolute atomic E-state index is 6.24. The van der Waals surface area contributed by atoms with Crippen LogP contribution in [0.25, 0.3) is 0 Å². The lowest BCUT2D eigenvalue weighted by molar-refractivity contribution is 0.258. The molecule has 2 aromatic carbocycles. The molecule has 0 radical (unpaired) electrons. The van der Waals surface area contributed by atoms with Crippen molar-refractivity contribution < 1.29 is 0 Å². The molecule has 0 aliphatic carbocycles. The maximum atomic E-state index is 6.24. The van der Waals surface area contributed by atoms with Gasteiger partial charge in [-0.3, -0.25) is 9.98 Å². The number of piperidine rings is 2. The first-order chi connectivity index (χ1) is 24.4. The molecule has 0 unspecified atom stereocenters. The lowest BCUT2D eigenvalue weighted by Crippen LogP contribution is -2.48. The first-order valence-electron chi connectivity index (χ1n) is 18.4. The molecule has 4 N–H and O–H groups in total. The van der Waals surface area contributed by atoms with Crippen molar-refractivity contribution in [3.8, 4) is 0 Å². The Morgan fingerprint density at radius 3 is 1.51 bits per heavy atom. The van der Waals surface area contributed by atoms with Gasteiger partial charge in [0, 0.05) is 42.8 Å². The SMILES string of the molecule is Cc1cccc(C2=NCc3nc(N4CCC(C)(CN)CC4)cnc32)c1C.Cc1cccc(C2=NCc3nc(N4CCC(C)(N)CC4)cnc32)c1C. The predicted molar refractivity (Wildman–Crippen MR) is 207 cm³/mol. The Bertz CT molecular complexity index is 1990. The quantitative estimate of drug-likeness (QED) is 0.271. The van der Waals surface area contributed by atoms with Crippen LogP contribution in [0.1, 0.15) is 95.7 Å². The van der Waals surface area contributed by atoms with Crippen molar-refractivity contribution in [3.63, 3.8) is 0 Å². The second-order valence-corrected chi connectivity index (χ2v) is 15.5. The van der Waals surface area contributed by atoms with E-state index in [1.165, 1.54) is 27.8 Å². The molecule has 6 heterocycles. The summed E-state index contributed by atoms with van der Waals surface area (Å²) in [5.74, 6) is 1.92. The molecule has 4 aromatic rings. The average Bonchev–Trinajstić information content (AvgIpc) is 3.75. The Morgan fingerprint density at radius 2 is 1.08 bits per heavy atom. The van der Waals surface area contributed by atoms with Gasteiger partial charge in [-0.1, -0.05) is 43.3 Å². The van der Waals surface area contributed by atoms with Gasteiger partial charge in [-0.05, 0) is 94.5 Å². The van der Waals surface area contributed by atoms with Gasteiger partial charge in [0.15, 0.2) is 0 Å². The molecule has 266 valence electrons. The van der Waals surface area contributed by atoms with Gasteiger partial charge in [0.25, 0.3) is 0 Å². The topological polar surface area (TPSA) is 135 Å². The van der Waals surface area contributed by atoms with Crippen LogP contribution in [0.5, 0.6) is 0 Å². The molecule has 0 amide bonds. The van der Waals surface area contributed by atoms with Crippen LogP contribution in [0.4, 0.5) is 11.6 Å². The fourth-order valence-corrected chi connectivity index (χ4v) is 7.38. The van der Waals surface area contributed by atoms with Crippen LogP contribution in [0.15, 0.2) is 58.8 Å². The summed E-state index contributed by atoms with van der Waals surface area (Å²) in [6.07, 6.45) is 7.98. The van der Waals surface area contributed by atoms with E-state index in [0.717, 1.165) is 110 Å². The van der Waals surface area contributed by atoms with E-state index in [1.807, 2.05) is 12.4 Å². The highest BCUT2D eigenvalue weighted by Gasteiger charge is 2.31. The number of hydrogen-bond donors (Lipinski definition) is 2. The van der Waals surface area contributed by atoms with Gasteiger partial charge in [0.05, 0.1) is 48.3 Å². The number of anilines is 2. The molecular formula is C41H52N10. The predicted octanol–water partition coefficient (Wildman–Crippen LogP) is 5.77. The number of nitrogens with zero attached hydrogens (tertiary/aromatic N) is 8. The third-order valence-electron chi connectivity index (χ3n) is 11.6. The summed E-state index contributed by atoms with van der Waals surface area (Å²) < 4.78 is 0. The Hall–Kier alpha value is -4.54. The summed E-state index contributed by atoms with van der Waals surface area (Å²) in [4.78, 5) is 33.4. The van der Waals surface area contributed by atoms with Crippen molar-refractivity contribution in [1.82, 2.24) is 19.9 Å². The third kappa shape index (κ3) is 7.04. The highest BCUT2D eigenvalue weighted by atomic mass is 15.2. The minimum atomic E-state index is -0.0559. The molecule has 0 atom stereocenters. The summed E-state index contributed by atoms with van der Waals surface area (Å²) in [7, 11) is 0. The lowest BCUT2D eigenvalue weighted by Gasteiger charge is -2.39. The molecule has 4 aliphatic rings. The van der Waals surface area contributed by atoms with Gasteiger partial charge < -0.3 is 21.3 Å². The smallest absolute Gasteiger partial charge is 0.147 e. The molecule has 0 bridgehead atoms. The molecule has 4 aliphatic heterocycles. The van der Waals surface area contributed by atoms with E-state index in [4.69, 9.17) is 41.4 Å². The largest absolute Gasteiger partial charge is 0.355 e. The van der Waals surface area contributed by atoms with Gasteiger partial charge in [0.2, 0.25) is 0 Å². The molecule has 2 saturated heterocycles. The second kappa shape index (κ2) is 13.9. The van der Waals surface area contributed by atoms with E-state index in [9.17, 15) is 0 Å². The first kappa shape index (κ1) is 34.9. The number of aromatic nitrogens is 4. The Morgan fingerprint density at radius 1 is 0.647 bits per heavy atom. The van der Waals surface area contributed by atoms with Crippen LogP contribution in [0, 0.1) is 33.1 Å². The number of aryl methyl sites for hydroxylation is 2. The summed E-state index contributed by atoms with van der Waals surface area (Å²) in [5, 5.41) is 0. The summed E-state index contributed by atoms with van der Waals surface area (Å²) in [5.41, 5.74) is 25.6. The van der Waals surface area contributed by atoms with Crippen LogP contribution < -0.4 is 21.3 Å². The summed E-state index contributed by atoms with van der Waals surface area (Å²) in [6.45, 7) is 18.8. The van der Waals surface area contributed by atoms with Crippen LogP contribution >= 0.6 is 0 Å². The molecule has 0 spiro atoms. The molecule has 0 saturated carbocycles. The minimum Gasteiger partial charge on any atom is -0.355 e. The van der Waals surface area contributed by atoms with Crippen LogP contribution in [-0.2, 0) is 13.1 Å². The van der Waals surface area contributed by atoms with E-state index < -0.39 is 0 Å². The molecule has 2 fully saturated rings. The zero-order valence-corrected chi connectivity index (χ0v) is 31.1. The normalized spacial score (nSPS) is 18.7. The number of nitrogens with two attached hydrogens (primary N) is 2. The minimum absolute atomic E-state index is 0.0559. The van der Waals surface area contributed by atoms with Gasteiger partial charge in [-0.2, -0.15) is 0 Å². The van der Waals surface area contributed by atoms with Crippen LogP contribution in [0.2, 0.25) is 0 Å². The van der Waals surface area contributed by atoms with Gasteiger partial charge in [0.1, 0.15) is 23.0 Å². The molecule has 2 aromatic heterocycles. The lowest BCUT2D eigenvalue weighted by atomic mass is 9.80. The average molecular weight is 685 g/mol. The van der Waals surface area contributed by atoms with Crippen molar-refractivity contribution in [2.24, 2.45) is 26.9 Å². The molecule has 10 nitrogen and oxygen atoms in total. The van der Waals surface area contributed by atoms with E-state index in [2.05, 4.69) is 87.7 Å². The fraction of sp³-hybridized carbons (Fsp3) is 0.463. The van der Waals surface area contributed by atoms with E-state index in [0.29, 0.717) is 13.1 Å². The number of benzene rings is 2. The first-order valence-corrected chi connectivity index (χ1v) is 18.4. The standard InChI is InChI=1S/C21H27N5.C20H25N5/c1-14-5-4-6-16(15(14)2)19-20-17(11-23-19)25-18(12-24-20)26-9-7-21(3,13-22)8-10-26;1-13-5-4-6-15(14(13)2)18-19-16(11-22-18)24-17(12-23-19)25-9-7-20(3,21)8-10-25/h4-6,12H,7-11,13,22H2,1-3H3;4-6,12H,7-11,21H2,1-3H3. The van der Waals surface area contributed by atoms with Gasteiger partial charge >= 0.3 is 0 Å². The van der Waals surface area contributed by atoms with Crippen molar-refractivity contribution in [3.05, 3.63) is 105 Å². The van der Waals surface area contributed by atoms with Crippen molar-refractivity contribution in [1.29, 1.82) is 0 Å². The molecule has 51 heavy (non-hydrogen) atoms. The molecule has 8 rings (SSSR count). The zero-order chi connectivity index (χ0) is 35.9. The third-order valence-corrected chi connectivity index (χ3v) is 11.6. The van der Waals surface area contributed by atoms with Crippen molar-refractivity contribution >= 4 is 23.1 Å². The molecule has 10 heteroatoms. The Labute approximate surface area is 302 Å². The van der Waals surface area contributed by atoms with Crippen LogP contribution in [-0.4, -0.2) is 69.6 Å². The summed E-state index contributed by atoms with van der Waals surface area (Å²) >= 11 is 0. The van der Waals surface area contributed by atoms with Crippen molar-refractivity contribution in [2.75, 3.05) is 42.5 Å². The zero-order valence-electron chi connectivity index (χ0n) is 31.1. The number of aliphatic imine (C=N–C) groups is 2. The fourth-order valence-electron chi connectivity index (χ4n) is 7.38. The van der Waals surface area contributed by atoms with E-state index in [-0.39, 0.29) is 11.0 Å². The van der Waals surface area contributed by atoms with Crippen LogP contribution in [0.3, 0.4) is 0 Å². The van der Waals surface area contributed by atoms with Gasteiger partial charge in [-0.25, -0.2) is 19.9 Å².